The summed E-state index contributed by atoms with van der Waals surface area (Å²) < 4.78 is 46.6. The summed E-state index contributed by atoms with van der Waals surface area (Å²) in [6, 6.07) is 10.4. The molecule has 0 radical (unpaired) electrons. The van der Waals surface area contributed by atoms with Gasteiger partial charge in [0.15, 0.2) is 0 Å². The van der Waals surface area contributed by atoms with Crippen LogP contribution in [-0.4, -0.2) is 38.3 Å². The fourth-order valence-electron chi connectivity index (χ4n) is 3.34. The fraction of sp³-hybridized carbons (Fsp3) is 0.381. The number of amides is 1. The van der Waals surface area contributed by atoms with Crippen LogP contribution in [0.15, 0.2) is 47.4 Å². The summed E-state index contributed by atoms with van der Waals surface area (Å²) in [5, 5.41) is 2.69. The van der Waals surface area contributed by atoms with Crippen LogP contribution >= 0.6 is 0 Å². The lowest BCUT2D eigenvalue weighted by molar-refractivity contribution is -0.115. The molecule has 1 aliphatic heterocycles. The molecule has 0 atom stereocenters. The second kappa shape index (κ2) is 9.37. The van der Waals surface area contributed by atoms with E-state index in [1.807, 2.05) is 0 Å². The third kappa shape index (κ3) is 5.33. The van der Waals surface area contributed by atoms with E-state index in [0.717, 1.165) is 19.3 Å². The molecule has 2 aromatic carbocycles. The molecule has 2 aromatic rings. The molecule has 1 heterocycles. The third-order valence-corrected chi connectivity index (χ3v) is 6.63. The van der Waals surface area contributed by atoms with Crippen LogP contribution in [0.25, 0.3) is 0 Å². The van der Waals surface area contributed by atoms with Gasteiger partial charge in [0.2, 0.25) is 15.9 Å². The van der Waals surface area contributed by atoms with E-state index < -0.39 is 15.8 Å². The van der Waals surface area contributed by atoms with Crippen molar-refractivity contribution >= 4 is 21.6 Å². The van der Waals surface area contributed by atoms with Crippen LogP contribution in [0.1, 0.15) is 31.7 Å². The molecule has 0 aromatic heterocycles. The van der Waals surface area contributed by atoms with Crippen LogP contribution < -0.4 is 10.1 Å². The van der Waals surface area contributed by atoms with Crippen LogP contribution in [0.3, 0.4) is 0 Å². The second-order valence-electron chi connectivity index (χ2n) is 6.91. The highest BCUT2D eigenvalue weighted by molar-refractivity contribution is 7.89. The Balaban J connectivity index is 1.83. The minimum atomic E-state index is -3.73. The van der Waals surface area contributed by atoms with Gasteiger partial charge in [0.1, 0.15) is 16.5 Å². The Morgan fingerprint density at radius 3 is 2.59 bits per heavy atom. The van der Waals surface area contributed by atoms with E-state index in [1.165, 1.54) is 28.6 Å². The molecule has 156 valence electrons. The number of hydrogen-bond donors (Lipinski definition) is 1. The highest BCUT2D eigenvalue weighted by atomic mass is 32.2. The Kier molecular flexibility index (Phi) is 6.87. The molecular formula is C21H25FN2O4S. The van der Waals surface area contributed by atoms with Crippen molar-refractivity contribution in [1.29, 1.82) is 0 Å². The van der Waals surface area contributed by atoms with Gasteiger partial charge >= 0.3 is 0 Å². The molecule has 0 aliphatic carbocycles. The van der Waals surface area contributed by atoms with E-state index in [0.29, 0.717) is 30.9 Å². The van der Waals surface area contributed by atoms with Crippen molar-refractivity contribution in [3.8, 4) is 5.75 Å². The van der Waals surface area contributed by atoms with Crippen molar-refractivity contribution in [3.63, 3.8) is 0 Å². The Morgan fingerprint density at radius 1 is 1.14 bits per heavy atom. The van der Waals surface area contributed by atoms with Gasteiger partial charge in [-0.3, -0.25) is 4.79 Å². The lowest BCUT2D eigenvalue weighted by atomic mass is 10.1. The molecule has 1 amide bonds. The summed E-state index contributed by atoms with van der Waals surface area (Å²) in [6.07, 6.45) is 2.65. The molecular weight excluding hydrogens is 395 g/mol. The molecule has 6 nitrogen and oxygen atoms in total. The summed E-state index contributed by atoms with van der Waals surface area (Å²) in [7, 11) is -3.73. The number of carbonyl (C=O) groups excluding carboxylic acids is 1. The highest BCUT2D eigenvalue weighted by Crippen LogP contribution is 2.31. The van der Waals surface area contributed by atoms with Gasteiger partial charge in [-0.05, 0) is 55.7 Å². The van der Waals surface area contributed by atoms with Crippen molar-refractivity contribution < 1.29 is 22.3 Å². The number of nitrogens with zero attached hydrogens (tertiary/aromatic N) is 1. The molecule has 1 saturated heterocycles. The van der Waals surface area contributed by atoms with Crippen LogP contribution in [0.4, 0.5) is 10.1 Å². The van der Waals surface area contributed by atoms with Gasteiger partial charge in [-0.2, -0.15) is 4.31 Å². The van der Waals surface area contributed by atoms with E-state index in [-0.39, 0.29) is 23.0 Å². The number of piperidine rings is 1. The summed E-state index contributed by atoms with van der Waals surface area (Å²) in [5.41, 5.74) is 0.889. The van der Waals surface area contributed by atoms with E-state index in [2.05, 4.69) is 5.32 Å². The summed E-state index contributed by atoms with van der Waals surface area (Å²) in [4.78, 5) is 12.4. The number of halogens is 1. The van der Waals surface area contributed by atoms with Crippen LogP contribution in [0.2, 0.25) is 0 Å². The summed E-state index contributed by atoms with van der Waals surface area (Å²) in [5.74, 6) is -0.506. The maximum absolute atomic E-state index is 13.3. The number of hydrogen-bond acceptors (Lipinski definition) is 4. The molecule has 0 unspecified atom stereocenters. The van der Waals surface area contributed by atoms with Crippen molar-refractivity contribution in [2.75, 3.05) is 25.0 Å². The Morgan fingerprint density at radius 2 is 1.90 bits per heavy atom. The smallest absolute Gasteiger partial charge is 0.246 e. The van der Waals surface area contributed by atoms with Crippen molar-refractivity contribution in [1.82, 2.24) is 4.31 Å². The number of ether oxygens (including phenoxy) is 1. The minimum Gasteiger partial charge on any atom is -0.492 e. The van der Waals surface area contributed by atoms with Crippen LogP contribution in [0, 0.1) is 5.82 Å². The van der Waals surface area contributed by atoms with E-state index >= 15 is 0 Å². The van der Waals surface area contributed by atoms with Gasteiger partial charge in [-0.1, -0.05) is 18.6 Å². The van der Waals surface area contributed by atoms with E-state index in [1.54, 1.807) is 25.1 Å². The van der Waals surface area contributed by atoms with Gasteiger partial charge < -0.3 is 10.1 Å². The molecule has 1 aliphatic rings. The molecule has 0 bridgehead atoms. The molecule has 1 N–H and O–H groups in total. The van der Waals surface area contributed by atoms with E-state index in [4.69, 9.17) is 4.74 Å². The van der Waals surface area contributed by atoms with Crippen LogP contribution in [0.5, 0.6) is 5.75 Å². The largest absolute Gasteiger partial charge is 0.492 e. The normalized spacial score (nSPS) is 15.1. The number of benzene rings is 2. The maximum atomic E-state index is 13.3. The SMILES string of the molecule is CCOc1ccc(NC(=O)Cc2cccc(F)c2)cc1S(=O)(=O)N1CCCCC1. The predicted molar refractivity (Wildman–Crippen MR) is 109 cm³/mol. The molecule has 0 saturated carbocycles. The Bertz CT molecular complexity index is 972. The molecule has 0 spiro atoms. The Hall–Kier alpha value is -2.45. The van der Waals surface area contributed by atoms with Gasteiger partial charge in [-0.25, -0.2) is 12.8 Å². The quantitative estimate of drug-likeness (QED) is 0.743. The molecule has 1 fully saturated rings. The van der Waals surface area contributed by atoms with Crippen molar-refractivity contribution in [2.24, 2.45) is 0 Å². The fourth-order valence-corrected chi connectivity index (χ4v) is 5.02. The first-order valence-electron chi connectivity index (χ1n) is 9.71. The first-order valence-corrected chi connectivity index (χ1v) is 11.2. The predicted octanol–water partition coefficient (Wildman–Crippen LogP) is 3.58. The third-order valence-electron chi connectivity index (χ3n) is 4.71. The van der Waals surface area contributed by atoms with E-state index in [9.17, 15) is 17.6 Å². The first-order chi connectivity index (χ1) is 13.9. The zero-order valence-electron chi connectivity index (χ0n) is 16.4. The Labute approximate surface area is 170 Å². The standard InChI is InChI=1S/C21H25FN2O4S/c1-2-28-19-10-9-18(23-21(25)14-16-7-6-8-17(22)13-16)15-20(19)29(26,27)24-11-4-3-5-12-24/h6-10,13,15H,2-5,11-12,14H2,1H3,(H,23,25). The van der Waals surface area contributed by atoms with Gasteiger partial charge in [0, 0.05) is 18.8 Å². The van der Waals surface area contributed by atoms with Crippen molar-refractivity contribution in [3.05, 3.63) is 53.8 Å². The summed E-state index contributed by atoms with van der Waals surface area (Å²) in [6.45, 7) is 3.06. The number of rotatable bonds is 7. The number of anilines is 1. The van der Waals surface area contributed by atoms with Gasteiger partial charge in [0.05, 0.1) is 13.0 Å². The number of nitrogens with one attached hydrogen (secondary N) is 1. The number of carbonyl (C=O) groups is 1. The average Bonchev–Trinajstić information content (AvgIpc) is 2.70. The lowest BCUT2D eigenvalue weighted by Crippen LogP contribution is -2.35. The molecule has 8 heteroatoms. The lowest BCUT2D eigenvalue weighted by Gasteiger charge is -2.27. The van der Waals surface area contributed by atoms with Gasteiger partial charge in [0.25, 0.3) is 0 Å². The number of sulfonamides is 1. The zero-order valence-corrected chi connectivity index (χ0v) is 17.2. The van der Waals surface area contributed by atoms with Gasteiger partial charge in [-0.15, -0.1) is 0 Å². The highest BCUT2D eigenvalue weighted by Gasteiger charge is 2.29. The average molecular weight is 421 g/mol. The maximum Gasteiger partial charge on any atom is 0.246 e. The first kappa shape index (κ1) is 21.3. The van der Waals surface area contributed by atoms with Crippen LogP contribution in [-0.2, 0) is 21.2 Å². The topological polar surface area (TPSA) is 75.7 Å². The van der Waals surface area contributed by atoms with Crippen molar-refractivity contribution in [2.45, 2.75) is 37.5 Å². The molecule has 29 heavy (non-hydrogen) atoms. The molecule has 3 rings (SSSR count). The minimum absolute atomic E-state index is 0.0147. The second-order valence-corrected chi connectivity index (χ2v) is 8.82. The summed E-state index contributed by atoms with van der Waals surface area (Å²) >= 11 is 0. The zero-order chi connectivity index (χ0) is 20.9. The monoisotopic (exact) mass is 420 g/mol.